The summed E-state index contributed by atoms with van der Waals surface area (Å²) in [4.78, 5) is 23.0. The third-order valence-electron chi connectivity index (χ3n) is 3.12. The molecule has 0 bridgehead atoms. The van der Waals surface area contributed by atoms with Crippen molar-refractivity contribution in [1.29, 1.82) is 0 Å². The highest BCUT2D eigenvalue weighted by Gasteiger charge is 2.04. The van der Waals surface area contributed by atoms with Gasteiger partial charge in [0.1, 0.15) is 0 Å². The highest BCUT2D eigenvalue weighted by Crippen LogP contribution is 2.09. The lowest BCUT2D eigenvalue weighted by molar-refractivity contribution is -0.114. The van der Waals surface area contributed by atoms with Crippen LogP contribution in [0.1, 0.15) is 29.8 Å². The number of hydrazone groups is 1. The fraction of sp³-hybridized carbons (Fsp3) is 0.105. The van der Waals surface area contributed by atoms with Gasteiger partial charge in [0.2, 0.25) is 5.91 Å². The Balaban J connectivity index is 1.94. The lowest BCUT2D eigenvalue weighted by Gasteiger charge is -2.04. The largest absolute Gasteiger partial charge is 0.326 e. The van der Waals surface area contributed by atoms with Crippen molar-refractivity contribution in [2.24, 2.45) is 5.10 Å². The highest BCUT2D eigenvalue weighted by molar-refractivity contribution is 5.99. The van der Waals surface area contributed by atoms with E-state index in [1.807, 2.05) is 42.5 Å². The fourth-order valence-electron chi connectivity index (χ4n) is 1.93. The van der Waals surface area contributed by atoms with Crippen LogP contribution in [0.2, 0.25) is 0 Å². The molecule has 0 saturated heterocycles. The van der Waals surface area contributed by atoms with Crippen molar-refractivity contribution in [1.82, 2.24) is 5.43 Å². The van der Waals surface area contributed by atoms with Crippen LogP contribution in [0.3, 0.4) is 0 Å². The van der Waals surface area contributed by atoms with Gasteiger partial charge in [0.15, 0.2) is 0 Å². The van der Waals surface area contributed by atoms with Crippen molar-refractivity contribution in [2.75, 3.05) is 5.32 Å². The number of nitrogens with zero attached hydrogens (tertiary/aromatic N) is 1. The van der Waals surface area contributed by atoms with Gasteiger partial charge in [-0.2, -0.15) is 5.10 Å². The molecule has 2 rings (SSSR count). The number of anilines is 1. The van der Waals surface area contributed by atoms with Crippen LogP contribution in [0.4, 0.5) is 5.69 Å². The maximum Gasteiger partial charge on any atom is 0.271 e. The molecular formula is C19H19N3O2. The van der Waals surface area contributed by atoms with Gasteiger partial charge >= 0.3 is 0 Å². The van der Waals surface area contributed by atoms with E-state index in [9.17, 15) is 9.59 Å². The molecule has 24 heavy (non-hydrogen) atoms. The molecule has 0 radical (unpaired) electrons. The molecule has 0 aromatic heterocycles. The van der Waals surface area contributed by atoms with Crippen molar-refractivity contribution < 1.29 is 9.59 Å². The van der Waals surface area contributed by atoms with Gasteiger partial charge < -0.3 is 5.32 Å². The summed E-state index contributed by atoms with van der Waals surface area (Å²) in [6, 6.07) is 16.4. The maximum atomic E-state index is 12.0. The van der Waals surface area contributed by atoms with Crippen LogP contribution in [0.25, 0.3) is 6.08 Å². The first-order valence-corrected chi connectivity index (χ1v) is 7.50. The normalized spacial score (nSPS) is 11.3. The average Bonchev–Trinajstić information content (AvgIpc) is 2.59. The Kier molecular flexibility index (Phi) is 6.02. The van der Waals surface area contributed by atoms with E-state index in [2.05, 4.69) is 15.8 Å². The second kappa shape index (κ2) is 8.43. The second-order valence-corrected chi connectivity index (χ2v) is 5.20. The first-order valence-electron chi connectivity index (χ1n) is 7.50. The summed E-state index contributed by atoms with van der Waals surface area (Å²) < 4.78 is 0. The van der Waals surface area contributed by atoms with Gasteiger partial charge in [0, 0.05) is 18.2 Å². The van der Waals surface area contributed by atoms with Crippen LogP contribution >= 0.6 is 0 Å². The standard InChI is InChI=1S/C19H19N3O2/c1-14(8-9-16-6-4-3-5-7-16)21-22-19(24)17-10-12-18(13-11-17)20-15(2)23/h3-13H,1-2H3,(H,20,23)(H,22,24)/b9-8-,21-14-. The van der Waals surface area contributed by atoms with Gasteiger partial charge in [-0.05, 0) is 42.8 Å². The Morgan fingerprint density at radius 1 is 0.958 bits per heavy atom. The second-order valence-electron chi connectivity index (χ2n) is 5.20. The van der Waals surface area contributed by atoms with E-state index in [-0.39, 0.29) is 11.8 Å². The predicted molar refractivity (Wildman–Crippen MR) is 96.8 cm³/mol. The lowest BCUT2D eigenvalue weighted by Crippen LogP contribution is -2.18. The van der Waals surface area contributed by atoms with E-state index < -0.39 is 0 Å². The predicted octanol–water partition coefficient (Wildman–Crippen LogP) is 3.46. The smallest absolute Gasteiger partial charge is 0.271 e. The quantitative estimate of drug-likeness (QED) is 0.654. The Morgan fingerprint density at radius 3 is 2.25 bits per heavy atom. The topological polar surface area (TPSA) is 70.6 Å². The summed E-state index contributed by atoms with van der Waals surface area (Å²) in [6.45, 7) is 3.24. The Bertz CT molecular complexity index is 763. The molecule has 5 heteroatoms. The molecule has 122 valence electrons. The molecule has 0 heterocycles. The zero-order valence-corrected chi connectivity index (χ0v) is 13.6. The first kappa shape index (κ1) is 17.1. The number of carbonyl (C=O) groups is 2. The molecule has 0 aliphatic heterocycles. The summed E-state index contributed by atoms with van der Waals surface area (Å²) in [5.74, 6) is -0.463. The zero-order chi connectivity index (χ0) is 17.4. The monoisotopic (exact) mass is 321 g/mol. The van der Waals surface area contributed by atoms with E-state index in [0.717, 1.165) is 5.56 Å². The summed E-state index contributed by atoms with van der Waals surface area (Å²) >= 11 is 0. The molecule has 0 unspecified atom stereocenters. The molecule has 0 aliphatic rings. The lowest BCUT2D eigenvalue weighted by atomic mass is 10.2. The fourth-order valence-corrected chi connectivity index (χ4v) is 1.93. The summed E-state index contributed by atoms with van der Waals surface area (Å²) in [5, 5.41) is 6.69. The molecule has 0 atom stereocenters. The third kappa shape index (κ3) is 5.53. The van der Waals surface area contributed by atoms with Crippen molar-refractivity contribution in [3.63, 3.8) is 0 Å². The molecule has 0 fully saturated rings. The van der Waals surface area contributed by atoms with Crippen LogP contribution in [0.15, 0.2) is 65.8 Å². The van der Waals surface area contributed by atoms with Crippen molar-refractivity contribution in [2.45, 2.75) is 13.8 Å². The van der Waals surface area contributed by atoms with Gasteiger partial charge in [-0.1, -0.05) is 36.4 Å². The van der Waals surface area contributed by atoms with Crippen molar-refractivity contribution >= 4 is 29.3 Å². The molecule has 2 amide bonds. The minimum Gasteiger partial charge on any atom is -0.326 e. The van der Waals surface area contributed by atoms with E-state index in [1.54, 1.807) is 31.2 Å². The van der Waals surface area contributed by atoms with Crippen LogP contribution in [0, 0.1) is 0 Å². The van der Waals surface area contributed by atoms with Crippen LogP contribution in [-0.4, -0.2) is 17.5 Å². The molecule has 5 nitrogen and oxygen atoms in total. The van der Waals surface area contributed by atoms with E-state index >= 15 is 0 Å². The minimum atomic E-state index is -0.308. The number of hydrogen-bond acceptors (Lipinski definition) is 3. The third-order valence-corrected chi connectivity index (χ3v) is 3.12. The molecule has 0 aliphatic carbocycles. The van der Waals surface area contributed by atoms with E-state index in [1.165, 1.54) is 6.92 Å². The maximum absolute atomic E-state index is 12.0. The summed E-state index contributed by atoms with van der Waals surface area (Å²) in [5.41, 5.74) is 5.36. The van der Waals surface area contributed by atoms with Gasteiger partial charge in [-0.3, -0.25) is 9.59 Å². The van der Waals surface area contributed by atoms with Crippen LogP contribution in [0.5, 0.6) is 0 Å². The number of allylic oxidation sites excluding steroid dienone is 1. The number of amides is 2. The Morgan fingerprint density at radius 2 is 1.62 bits per heavy atom. The number of carbonyl (C=O) groups excluding carboxylic acids is 2. The van der Waals surface area contributed by atoms with Gasteiger partial charge in [0.25, 0.3) is 5.91 Å². The minimum absolute atomic E-state index is 0.155. The van der Waals surface area contributed by atoms with Crippen molar-refractivity contribution in [3.05, 3.63) is 71.8 Å². The molecule has 0 saturated carbocycles. The van der Waals surface area contributed by atoms with Gasteiger partial charge in [0.05, 0.1) is 5.71 Å². The molecule has 2 aromatic rings. The summed E-state index contributed by atoms with van der Waals surface area (Å²) in [7, 11) is 0. The van der Waals surface area contributed by atoms with Gasteiger partial charge in [-0.25, -0.2) is 5.43 Å². The number of hydrogen-bond donors (Lipinski definition) is 2. The average molecular weight is 321 g/mol. The van der Waals surface area contributed by atoms with Crippen molar-refractivity contribution in [3.8, 4) is 0 Å². The molecule has 2 N–H and O–H groups in total. The number of rotatable bonds is 5. The van der Waals surface area contributed by atoms with Crippen LogP contribution in [-0.2, 0) is 4.79 Å². The van der Waals surface area contributed by atoms with E-state index in [4.69, 9.17) is 0 Å². The first-order chi connectivity index (χ1) is 11.5. The van der Waals surface area contributed by atoms with Gasteiger partial charge in [-0.15, -0.1) is 0 Å². The van der Waals surface area contributed by atoms with Crippen LogP contribution < -0.4 is 10.7 Å². The highest BCUT2D eigenvalue weighted by atomic mass is 16.2. The Hall–Kier alpha value is -3.21. The molecule has 0 spiro atoms. The van der Waals surface area contributed by atoms with E-state index in [0.29, 0.717) is 17.0 Å². The molecule has 2 aromatic carbocycles. The zero-order valence-electron chi connectivity index (χ0n) is 13.6. The molecular weight excluding hydrogens is 302 g/mol. The SMILES string of the molecule is CC(=O)Nc1ccc(C(=O)N/N=C(C)\C=C/c2ccccc2)cc1. The Labute approximate surface area is 141 Å². The number of nitrogens with one attached hydrogen (secondary N) is 2. The summed E-state index contributed by atoms with van der Waals surface area (Å²) in [6.07, 6.45) is 3.75. The number of benzene rings is 2.